The van der Waals surface area contributed by atoms with Crippen molar-refractivity contribution in [3.63, 3.8) is 0 Å². The number of aliphatic hydroxyl groups is 2. The maximum absolute atomic E-state index is 9.33. The zero-order valence-electron chi connectivity index (χ0n) is 5.71. The van der Waals surface area contributed by atoms with Crippen molar-refractivity contribution in [2.24, 2.45) is 0 Å². The Labute approximate surface area is 81.7 Å². The smallest absolute Gasteiger partial charge is 0.623 e. The fourth-order valence-electron chi connectivity index (χ4n) is 0.0967. The van der Waals surface area contributed by atoms with Crippen molar-refractivity contribution in [1.29, 1.82) is 0 Å². The topological polar surface area (TPSA) is 74.6 Å². The van der Waals surface area contributed by atoms with E-state index in [0.717, 1.165) is 12.6 Å². The van der Waals surface area contributed by atoms with Crippen molar-refractivity contribution in [2.45, 2.75) is 0 Å². The van der Waals surface area contributed by atoms with Gasteiger partial charge in [0.05, 0.1) is 0 Å². The van der Waals surface area contributed by atoms with Gasteiger partial charge in [-0.2, -0.15) is 0 Å². The minimum absolute atomic E-state index is 0. The predicted octanol–water partition coefficient (Wildman–Crippen LogP) is -6.46. The van der Waals surface area contributed by atoms with Crippen molar-refractivity contribution in [1.82, 2.24) is 0 Å². The van der Waals surface area contributed by atoms with Crippen LogP contribution < -0.4 is 37.7 Å². The summed E-state index contributed by atoms with van der Waals surface area (Å²) in [7, 11) is 0. The van der Waals surface area contributed by atoms with Gasteiger partial charge in [0.2, 0.25) is 0 Å². The van der Waals surface area contributed by atoms with E-state index in [1.54, 1.807) is 0 Å². The molecule has 0 spiro atoms. The van der Waals surface area contributed by atoms with Crippen LogP contribution in [0.1, 0.15) is 0 Å². The second-order valence-electron chi connectivity index (χ2n) is 0.901. The number of aliphatic hydroxyl groups excluding tert-OH is 2. The molecule has 0 rings (SSSR count). The van der Waals surface area contributed by atoms with Crippen LogP contribution >= 0.6 is 0 Å². The summed E-state index contributed by atoms with van der Waals surface area (Å²) < 4.78 is 0. The first-order valence-electron chi connectivity index (χ1n) is 1.61. The summed E-state index contributed by atoms with van der Waals surface area (Å²) >= 11 is 0. The first kappa shape index (κ1) is 16.5. The van der Waals surface area contributed by atoms with E-state index in [9.17, 15) is 9.59 Å². The van der Waals surface area contributed by atoms with E-state index in [-0.39, 0.29) is 37.7 Å². The summed E-state index contributed by atoms with van der Waals surface area (Å²) in [6.45, 7) is 0. The van der Waals surface area contributed by atoms with Crippen molar-refractivity contribution in [3.8, 4) is 0 Å². The summed E-state index contributed by atoms with van der Waals surface area (Å²) in [5.41, 5.74) is 0. The van der Waals surface area contributed by atoms with E-state index < -0.39 is 11.5 Å². The van der Waals surface area contributed by atoms with E-state index in [4.69, 9.17) is 10.2 Å². The summed E-state index contributed by atoms with van der Waals surface area (Å²) in [6, 6.07) is 0. The van der Waals surface area contributed by atoms with Crippen LogP contribution in [-0.2, 0) is 9.59 Å². The molecule has 0 bridgehead atoms. The molecule has 0 saturated carbocycles. The molecule has 0 aromatic heterocycles. The molecule has 0 atom stereocenters. The van der Waals surface area contributed by atoms with Gasteiger partial charge in [-0.15, -0.1) is 11.5 Å². The maximum atomic E-state index is 9.33. The van der Waals surface area contributed by atoms with E-state index in [1.807, 2.05) is 0 Å². The standard InChI is InChI=1S/C4H2O4.2Li/c5-1-3(7)4(8)2-6;;/h7-8H;;/q-2;2*+1/b4-3+;;. The van der Waals surface area contributed by atoms with Crippen LogP contribution in [0.5, 0.6) is 0 Å². The largest absolute Gasteiger partial charge is 1.00 e. The summed E-state index contributed by atoms with van der Waals surface area (Å²) in [4.78, 5) is 18.7. The molecule has 0 aliphatic rings. The third-order valence-corrected chi connectivity index (χ3v) is 0.418. The molecule has 2 N–H and O–H groups in total. The zero-order chi connectivity index (χ0) is 6.57. The van der Waals surface area contributed by atoms with Gasteiger partial charge in [0.15, 0.2) is 0 Å². The number of hydrogen-bond donors (Lipinski definition) is 2. The summed E-state index contributed by atoms with van der Waals surface area (Å²) in [5.74, 6) is -2.25. The Bertz CT molecular complexity index is 126. The van der Waals surface area contributed by atoms with Crippen LogP contribution in [0.2, 0.25) is 0 Å². The third-order valence-electron chi connectivity index (χ3n) is 0.418. The van der Waals surface area contributed by atoms with E-state index in [1.165, 1.54) is 0 Å². The van der Waals surface area contributed by atoms with Gasteiger partial charge in [0.25, 0.3) is 0 Å². The average molecular weight is 128 g/mol. The molecule has 0 unspecified atom stereocenters. The third kappa shape index (κ3) is 6.00. The first-order chi connectivity index (χ1) is 3.72. The Morgan fingerprint density at radius 1 is 0.900 bits per heavy atom. The number of allylic oxidation sites excluding steroid dienone is 2. The molecule has 0 aromatic rings. The van der Waals surface area contributed by atoms with Crippen molar-refractivity contribution >= 4 is 12.6 Å². The van der Waals surface area contributed by atoms with E-state index in [2.05, 4.69) is 0 Å². The molecule has 0 saturated heterocycles. The molecule has 6 heteroatoms. The van der Waals surface area contributed by atoms with Crippen molar-refractivity contribution in [2.75, 3.05) is 0 Å². The zero-order valence-corrected chi connectivity index (χ0v) is 5.71. The van der Waals surface area contributed by atoms with Crippen LogP contribution in [0, 0.1) is 0 Å². The second-order valence-corrected chi connectivity index (χ2v) is 0.901. The molecule has 0 aliphatic heterocycles. The van der Waals surface area contributed by atoms with Crippen LogP contribution in [0.4, 0.5) is 0 Å². The van der Waals surface area contributed by atoms with Gasteiger partial charge in [-0.3, -0.25) is 0 Å². The Morgan fingerprint density at radius 2 is 1.10 bits per heavy atom. The minimum Gasteiger partial charge on any atom is -0.623 e. The van der Waals surface area contributed by atoms with E-state index in [0.29, 0.717) is 0 Å². The number of rotatable bonds is 2. The molecule has 0 fully saturated rings. The molecular formula is C4H2Li2O4. The fourth-order valence-corrected chi connectivity index (χ4v) is 0.0967. The summed E-state index contributed by atoms with van der Waals surface area (Å²) in [5, 5.41) is 16.1. The predicted molar refractivity (Wildman–Crippen MR) is 23.7 cm³/mol. The Balaban J connectivity index is -0.000000245. The molecule has 0 aromatic carbocycles. The Hall–Kier alpha value is -0.125. The van der Waals surface area contributed by atoms with Gasteiger partial charge in [-0.25, -0.2) is 0 Å². The molecule has 4 nitrogen and oxygen atoms in total. The molecule has 0 heterocycles. The Kier molecular flexibility index (Phi) is 14.6. The number of hydrogen-bond acceptors (Lipinski definition) is 4. The van der Waals surface area contributed by atoms with Gasteiger partial charge in [-0.05, 0) is 0 Å². The number of carbonyl (C=O) groups excluding carboxylic acids is 2. The van der Waals surface area contributed by atoms with Gasteiger partial charge < -0.3 is 19.8 Å². The Morgan fingerprint density at radius 3 is 1.20 bits per heavy atom. The average Bonchev–Trinajstić information content (AvgIpc) is 1.84. The molecule has 0 amide bonds. The van der Waals surface area contributed by atoms with Crippen LogP contribution in [0.3, 0.4) is 0 Å². The van der Waals surface area contributed by atoms with Crippen molar-refractivity contribution in [3.05, 3.63) is 11.5 Å². The van der Waals surface area contributed by atoms with Gasteiger partial charge >= 0.3 is 37.7 Å². The van der Waals surface area contributed by atoms with Crippen LogP contribution in [0.15, 0.2) is 11.5 Å². The fraction of sp³-hybridized carbons (Fsp3) is 0. The van der Waals surface area contributed by atoms with Crippen LogP contribution in [0.25, 0.3) is 0 Å². The van der Waals surface area contributed by atoms with Gasteiger partial charge in [0.1, 0.15) is 0 Å². The molecule has 10 heavy (non-hydrogen) atoms. The quantitative estimate of drug-likeness (QED) is 0.168. The first-order valence-corrected chi connectivity index (χ1v) is 1.61. The second kappa shape index (κ2) is 8.87. The van der Waals surface area contributed by atoms with Gasteiger partial charge in [-0.1, -0.05) is 12.6 Å². The normalized spacial score (nSPS) is 9.60. The van der Waals surface area contributed by atoms with E-state index >= 15 is 0 Å². The van der Waals surface area contributed by atoms with Crippen molar-refractivity contribution < 1.29 is 57.5 Å². The maximum Gasteiger partial charge on any atom is 1.00 e. The molecule has 0 radical (unpaired) electrons. The minimum atomic E-state index is -1.12. The van der Waals surface area contributed by atoms with Gasteiger partial charge in [0, 0.05) is 0 Å². The summed E-state index contributed by atoms with van der Waals surface area (Å²) in [6.07, 6.45) is 1.78. The molecule has 44 valence electrons. The molecule has 0 aliphatic carbocycles. The molecular weight excluding hydrogens is 126 g/mol. The van der Waals surface area contributed by atoms with Crippen LogP contribution in [-0.4, -0.2) is 22.8 Å². The monoisotopic (exact) mass is 128 g/mol. The SMILES string of the molecule is O=[C-]/C(O)=C(\O)[C-]=O.[Li+].[Li+].